The number of aryl methyl sites for hydroxylation is 2. The normalized spacial score (nSPS) is 15.4. The molecule has 1 saturated heterocycles. The van der Waals surface area contributed by atoms with Crippen LogP contribution in [0.3, 0.4) is 0 Å². The van der Waals surface area contributed by atoms with E-state index < -0.39 is 51.7 Å². The van der Waals surface area contributed by atoms with Gasteiger partial charge in [-0.05, 0) is 42.3 Å². The van der Waals surface area contributed by atoms with Gasteiger partial charge < -0.3 is 24.5 Å². The number of nitrogens with zero attached hydrogens (tertiary/aromatic N) is 1. The molecule has 2 aromatic carbocycles. The second-order valence-electron chi connectivity index (χ2n) is 9.18. The van der Waals surface area contributed by atoms with Crippen LogP contribution in [0.25, 0.3) is 10.9 Å². The number of benzene rings is 2. The summed E-state index contributed by atoms with van der Waals surface area (Å²) in [5.41, 5.74) is 0.876. The molecule has 0 radical (unpaired) electrons. The molecule has 38 heavy (non-hydrogen) atoms. The molecule has 0 aliphatic carbocycles. The van der Waals surface area contributed by atoms with E-state index in [2.05, 4.69) is 5.32 Å². The second kappa shape index (κ2) is 11.2. The van der Waals surface area contributed by atoms with E-state index in [0.29, 0.717) is 37.1 Å². The zero-order chi connectivity index (χ0) is 27.6. The number of aliphatic hydroxyl groups excluding tert-OH is 1. The van der Waals surface area contributed by atoms with E-state index in [1.807, 2.05) is 0 Å². The summed E-state index contributed by atoms with van der Waals surface area (Å²) in [7, 11) is -2.45. The highest BCUT2D eigenvalue weighted by molar-refractivity contribution is 7.92. The molecule has 1 fully saturated rings. The van der Waals surface area contributed by atoms with Crippen molar-refractivity contribution in [1.29, 1.82) is 0 Å². The van der Waals surface area contributed by atoms with E-state index in [-0.39, 0.29) is 27.6 Å². The van der Waals surface area contributed by atoms with Crippen LogP contribution in [0.15, 0.2) is 41.3 Å². The molecule has 0 unspecified atom stereocenters. The number of hydrogen-bond acceptors (Lipinski definition) is 7. The van der Waals surface area contributed by atoms with Crippen molar-refractivity contribution >= 4 is 32.6 Å². The Morgan fingerprint density at radius 3 is 2.45 bits per heavy atom. The van der Waals surface area contributed by atoms with Gasteiger partial charge in [0, 0.05) is 25.3 Å². The van der Waals surface area contributed by atoms with Crippen LogP contribution in [0.4, 0.5) is 8.78 Å². The van der Waals surface area contributed by atoms with Crippen molar-refractivity contribution in [3.63, 3.8) is 0 Å². The van der Waals surface area contributed by atoms with E-state index in [9.17, 15) is 31.9 Å². The Morgan fingerprint density at radius 1 is 1.16 bits per heavy atom. The highest BCUT2D eigenvalue weighted by atomic mass is 32.2. The van der Waals surface area contributed by atoms with Crippen molar-refractivity contribution in [2.24, 2.45) is 7.05 Å². The molecule has 1 aliphatic heterocycles. The molecule has 1 atom stereocenters. The lowest BCUT2D eigenvalue weighted by Crippen LogP contribution is -2.32. The number of hydrogen-bond donors (Lipinski definition) is 2. The van der Waals surface area contributed by atoms with Gasteiger partial charge in [0.15, 0.2) is 27.2 Å². The molecule has 204 valence electrons. The predicted molar refractivity (Wildman–Crippen MR) is 133 cm³/mol. The summed E-state index contributed by atoms with van der Waals surface area (Å²) in [5.74, 6) is -4.35. The largest absolute Gasteiger partial charge is 0.461 e. The summed E-state index contributed by atoms with van der Waals surface area (Å²) in [6.07, 6.45) is 0.655. The van der Waals surface area contributed by atoms with Gasteiger partial charge in [-0.3, -0.25) is 9.59 Å². The van der Waals surface area contributed by atoms with E-state index in [0.717, 1.165) is 0 Å². The van der Waals surface area contributed by atoms with Crippen LogP contribution < -0.4 is 5.32 Å². The lowest BCUT2D eigenvalue weighted by Gasteiger charge is -2.22. The maximum absolute atomic E-state index is 14.4. The van der Waals surface area contributed by atoms with E-state index in [1.165, 1.54) is 54.9 Å². The fourth-order valence-electron chi connectivity index (χ4n) is 4.37. The zero-order valence-electron chi connectivity index (χ0n) is 20.9. The Morgan fingerprint density at radius 2 is 1.82 bits per heavy atom. The number of nitrogens with one attached hydrogen (secondary N) is 1. The lowest BCUT2D eigenvalue weighted by molar-refractivity contribution is -0.149. The van der Waals surface area contributed by atoms with E-state index >= 15 is 0 Å². The number of carbonyl (C=O) groups excluding carboxylic acids is 2. The van der Waals surface area contributed by atoms with Crippen molar-refractivity contribution in [3.05, 3.63) is 64.9 Å². The number of amides is 1. The van der Waals surface area contributed by atoms with Gasteiger partial charge in [0.05, 0.1) is 36.3 Å². The second-order valence-corrected chi connectivity index (χ2v) is 11.2. The third-order valence-corrected chi connectivity index (χ3v) is 8.15. The summed E-state index contributed by atoms with van der Waals surface area (Å²) in [4.78, 5) is 25.0. The number of halogens is 2. The Bertz CT molecular complexity index is 1460. The topological polar surface area (TPSA) is 124 Å². The number of fused-ring (bicyclic) bond motifs is 1. The minimum atomic E-state index is -3.98. The van der Waals surface area contributed by atoms with Crippen LogP contribution in [0.2, 0.25) is 0 Å². The number of aromatic nitrogens is 1. The molecule has 1 amide bonds. The van der Waals surface area contributed by atoms with Gasteiger partial charge in [-0.25, -0.2) is 17.2 Å². The van der Waals surface area contributed by atoms with Crippen LogP contribution in [0, 0.1) is 18.6 Å². The number of rotatable bonds is 8. The standard InChI is InChI=1S/C26H28F2N2O7S/c1-15-11-21-19(25(28)24(15)27)12-22(30(21)2)26(33)29-20(13-31)16-3-5-18(6-4-16)38(34,35)14-23(32)37-17-7-9-36-10-8-17/h3-6,11-12,17,20,31H,7-10,13-14H2,1-2H3,(H,29,33)/t20-/m1/s1. The molecule has 0 spiro atoms. The molecule has 12 heteroatoms. The summed E-state index contributed by atoms with van der Waals surface area (Å²) < 4.78 is 65.6. The van der Waals surface area contributed by atoms with Crippen molar-refractivity contribution in [2.45, 2.75) is 36.8 Å². The number of esters is 1. The molecule has 4 rings (SSSR count). The quantitative estimate of drug-likeness (QED) is 0.414. The molecule has 9 nitrogen and oxygen atoms in total. The molecule has 0 bridgehead atoms. The van der Waals surface area contributed by atoms with Gasteiger partial charge in [-0.1, -0.05) is 12.1 Å². The molecular weight excluding hydrogens is 522 g/mol. The first kappa shape index (κ1) is 27.7. The number of sulfone groups is 1. The minimum Gasteiger partial charge on any atom is -0.461 e. The smallest absolute Gasteiger partial charge is 0.321 e. The fourth-order valence-corrected chi connectivity index (χ4v) is 5.47. The molecule has 2 N–H and O–H groups in total. The number of carbonyl (C=O) groups is 2. The fraction of sp³-hybridized carbons (Fsp3) is 0.385. The first-order valence-corrected chi connectivity index (χ1v) is 13.6. The third-order valence-electron chi connectivity index (χ3n) is 6.54. The van der Waals surface area contributed by atoms with Gasteiger partial charge in [0.25, 0.3) is 5.91 Å². The Hall–Kier alpha value is -3.35. The predicted octanol–water partition coefficient (Wildman–Crippen LogP) is 2.72. The van der Waals surface area contributed by atoms with Crippen molar-refractivity contribution in [1.82, 2.24) is 9.88 Å². The van der Waals surface area contributed by atoms with Crippen molar-refractivity contribution < 1.29 is 41.4 Å². The number of aliphatic hydroxyl groups is 1. The molecule has 2 heterocycles. The Balaban J connectivity index is 1.46. The summed E-state index contributed by atoms with van der Waals surface area (Å²) in [5, 5.41) is 12.5. The van der Waals surface area contributed by atoms with Crippen molar-refractivity contribution in [2.75, 3.05) is 25.6 Å². The Kier molecular flexibility index (Phi) is 8.14. The first-order valence-electron chi connectivity index (χ1n) is 12.0. The maximum Gasteiger partial charge on any atom is 0.321 e. The van der Waals surface area contributed by atoms with Gasteiger partial charge in [0.2, 0.25) is 0 Å². The maximum atomic E-state index is 14.4. The average molecular weight is 551 g/mol. The third kappa shape index (κ3) is 5.71. The molecule has 1 aliphatic rings. The summed E-state index contributed by atoms with van der Waals surface area (Å²) in [6.45, 7) is 1.81. The average Bonchev–Trinajstić information content (AvgIpc) is 3.22. The first-order chi connectivity index (χ1) is 18.0. The van der Waals surface area contributed by atoms with Gasteiger partial charge in [-0.2, -0.15) is 0 Å². The Labute approximate surface area is 218 Å². The summed E-state index contributed by atoms with van der Waals surface area (Å²) in [6, 6.07) is 7.13. The monoisotopic (exact) mass is 550 g/mol. The SMILES string of the molecule is Cc1cc2c(cc(C(=O)N[C@H](CO)c3ccc(S(=O)(=O)CC(=O)OC4CCOCC4)cc3)n2C)c(F)c1F. The van der Waals surface area contributed by atoms with Crippen LogP contribution in [-0.4, -0.2) is 61.6 Å². The molecular formula is C26H28F2N2O7S. The van der Waals surface area contributed by atoms with Crippen LogP contribution in [0.1, 0.15) is 40.5 Å². The highest BCUT2D eigenvalue weighted by Gasteiger charge is 2.26. The minimum absolute atomic E-state index is 0.0459. The van der Waals surface area contributed by atoms with Gasteiger partial charge in [0.1, 0.15) is 11.8 Å². The van der Waals surface area contributed by atoms with Crippen LogP contribution >= 0.6 is 0 Å². The van der Waals surface area contributed by atoms with Crippen molar-refractivity contribution in [3.8, 4) is 0 Å². The molecule has 1 aromatic heterocycles. The molecule has 3 aromatic rings. The van der Waals surface area contributed by atoms with E-state index in [4.69, 9.17) is 9.47 Å². The molecule has 0 saturated carbocycles. The number of ether oxygens (including phenoxy) is 2. The van der Waals surface area contributed by atoms with Gasteiger partial charge >= 0.3 is 5.97 Å². The zero-order valence-corrected chi connectivity index (χ0v) is 21.7. The van der Waals surface area contributed by atoms with Gasteiger partial charge in [-0.15, -0.1) is 0 Å². The highest BCUT2D eigenvalue weighted by Crippen LogP contribution is 2.27. The van der Waals surface area contributed by atoms with Crippen LogP contribution in [0.5, 0.6) is 0 Å². The lowest BCUT2D eigenvalue weighted by atomic mass is 10.1. The summed E-state index contributed by atoms with van der Waals surface area (Å²) >= 11 is 0. The van der Waals surface area contributed by atoms with Crippen LogP contribution in [-0.2, 0) is 31.2 Å². The van der Waals surface area contributed by atoms with E-state index in [1.54, 1.807) is 0 Å².